The standard InChI is InChI=1S/C18H14ClFN4OS/c19-13-7-4-8-14(20)12(13)10-26-18-23-22-17-21-16(25)9-15(24(17)18)11-5-2-1-3-6-11/h1-9,17,22H,10H2,(H,21,25). The topological polar surface area (TPSA) is 56.7 Å². The molecule has 0 radical (unpaired) electrons. The van der Waals surface area contributed by atoms with Crippen LogP contribution in [0.25, 0.3) is 5.70 Å². The molecule has 0 aromatic heterocycles. The SMILES string of the molecule is O=C1C=C(c2ccccc2)N2C(SCc3c(F)cccc3Cl)=NNC2N1. The Hall–Kier alpha value is -2.51. The summed E-state index contributed by atoms with van der Waals surface area (Å²) in [5.41, 5.74) is 4.95. The second-order valence-corrected chi connectivity index (χ2v) is 7.04. The minimum atomic E-state index is -0.471. The van der Waals surface area contributed by atoms with E-state index in [1.807, 2.05) is 35.2 Å². The lowest BCUT2D eigenvalue weighted by molar-refractivity contribution is -0.118. The molecule has 1 amide bonds. The van der Waals surface area contributed by atoms with E-state index in [1.54, 1.807) is 12.1 Å². The van der Waals surface area contributed by atoms with Gasteiger partial charge in [-0.25, -0.2) is 4.39 Å². The summed E-state index contributed by atoms with van der Waals surface area (Å²) in [6.07, 6.45) is 1.06. The number of fused-ring (bicyclic) bond motifs is 1. The Bertz CT molecular complexity index is 898. The van der Waals surface area contributed by atoms with E-state index in [-0.39, 0.29) is 11.7 Å². The first-order valence-electron chi connectivity index (χ1n) is 7.89. The fourth-order valence-corrected chi connectivity index (χ4v) is 4.12. The van der Waals surface area contributed by atoms with Crippen LogP contribution in [-0.4, -0.2) is 22.3 Å². The number of rotatable bonds is 3. The number of halogens is 2. The predicted octanol–water partition coefficient (Wildman–Crippen LogP) is 3.34. The Morgan fingerprint density at radius 2 is 2.00 bits per heavy atom. The molecule has 132 valence electrons. The molecular formula is C18H14ClFN4OS. The Morgan fingerprint density at radius 1 is 1.19 bits per heavy atom. The van der Waals surface area contributed by atoms with Crippen LogP contribution in [0.5, 0.6) is 0 Å². The maximum Gasteiger partial charge on any atom is 0.249 e. The van der Waals surface area contributed by atoms with Crippen LogP contribution in [0.2, 0.25) is 5.02 Å². The smallest absolute Gasteiger partial charge is 0.249 e. The van der Waals surface area contributed by atoms with Crippen molar-refractivity contribution in [3.05, 3.63) is 76.6 Å². The third-order valence-corrected chi connectivity index (χ3v) is 5.36. The van der Waals surface area contributed by atoms with Gasteiger partial charge in [0.1, 0.15) is 5.82 Å². The van der Waals surface area contributed by atoms with Crippen LogP contribution in [0.4, 0.5) is 4.39 Å². The summed E-state index contributed by atoms with van der Waals surface area (Å²) in [7, 11) is 0. The summed E-state index contributed by atoms with van der Waals surface area (Å²) in [6.45, 7) is 0. The molecule has 1 unspecified atom stereocenters. The molecule has 0 fully saturated rings. The molecule has 2 aromatic rings. The number of amides is 1. The molecule has 2 aliphatic rings. The summed E-state index contributed by atoms with van der Waals surface area (Å²) < 4.78 is 14.0. The normalized spacial score (nSPS) is 18.6. The summed E-state index contributed by atoms with van der Waals surface area (Å²) in [4.78, 5) is 13.9. The highest BCUT2D eigenvalue weighted by molar-refractivity contribution is 8.13. The molecule has 0 bridgehead atoms. The molecule has 0 saturated heterocycles. The molecule has 2 aromatic carbocycles. The first kappa shape index (κ1) is 16.9. The number of hydrazone groups is 1. The van der Waals surface area contributed by atoms with Gasteiger partial charge in [0.15, 0.2) is 11.5 Å². The maximum atomic E-state index is 14.0. The van der Waals surface area contributed by atoms with Gasteiger partial charge in [0.2, 0.25) is 5.91 Å². The van der Waals surface area contributed by atoms with Crippen molar-refractivity contribution in [2.75, 3.05) is 0 Å². The highest BCUT2D eigenvalue weighted by Gasteiger charge is 2.36. The van der Waals surface area contributed by atoms with Gasteiger partial charge in [-0.15, -0.1) is 0 Å². The molecule has 4 rings (SSSR count). The van der Waals surface area contributed by atoms with Crippen LogP contribution in [0.3, 0.4) is 0 Å². The van der Waals surface area contributed by atoms with Crippen LogP contribution in [0.1, 0.15) is 11.1 Å². The van der Waals surface area contributed by atoms with Crippen molar-refractivity contribution in [1.29, 1.82) is 0 Å². The predicted molar refractivity (Wildman–Crippen MR) is 101 cm³/mol. The van der Waals surface area contributed by atoms with E-state index in [0.29, 0.717) is 21.5 Å². The van der Waals surface area contributed by atoms with Crippen molar-refractivity contribution in [2.24, 2.45) is 5.10 Å². The summed E-state index contributed by atoms with van der Waals surface area (Å²) >= 11 is 7.45. The van der Waals surface area contributed by atoms with Crippen molar-refractivity contribution in [1.82, 2.24) is 15.6 Å². The summed E-state index contributed by atoms with van der Waals surface area (Å²) in [5.74, 6) is -0.222. The van der Waals surface area contributed by atoms with Crippen LogP contribution >= 0.6 is 23.4 Å². The third-order valence-electron chi connectivity index (χ3n) is 4.03. The van der Waals surface area contributed by atoms with Crippen molar-refractivity contribution in [2.45, 2.75) is 12.0 Å². The number of carbonyl (C=O) groups excluding carboxylic acids is 1. The number of hydrogen-bond donors (Lipinski definition) is 2. The molecule has 2 heterocycles. The zero-order valence-corrected chi connectivity index (χ0v) is 15.0. The van der Waals surface area contributed by atoms with Crippen LogP contribution in [0.15, 0.2) is 59.7 Å². The van der Waals surface area contributed by atoms with E-state index in [2.05, 4.69) is 15.8 Å². The van der Waals surface area contributed by atoms with Crippen LogP contribution in [0, 0.1) is 5.82 Å². The number of benzene rings is 2. The van der Waals surface area contributed by atoms with E-state index in [1.165, 1.54) is 23.9 Å². The van der Waals surface area contributed by atoms with Gasteiger partial charge >= 0.3 is 0 Å². The summed E-state index contributed by atoms with van der Waals surface area (Å²) in [6, 6.07) is 14.2. The number of carbonyl (C=O) groups is 1. The first-order chi connectivity index (χ1) is 12.6. The molecule has 2 aliphatic heterocycles. The highest BCUT2D eigenvalue weighted by Crippen LogP contribution is 2.32. The second kappa shape index (κ2) is 7.01. The quantitative estimate of drug-likeness (QED) is 0.846. The van der Waals surface area contributed by atoms with E-state index in [9.17, 15) is 9.18 Å². The molecule has 26 heavy (non-hydrogen) atoms. The van der Waals surface area contributed by atoms with Gasteiger partial charge in [-0.05, 0) is 17.7 Å². The van der Waals surface area contributed by atoms with Crippen LogP contribution in [-0.2, 0) is 10.5 Å². The summed E-state index contributed by atoms with van der Waals surface area (Å²) in [5, 5.41) is 8.11. The fourth-order valence-electron chi connectivity index (χ4n) is 2.79. The maximum absolute atomic E-state index is 14.0. The van der Waals surface area contributed by atoms with E-state index < -0.39 is 6.29 Å². The third kappa shape index (κ3) is 3.15. The minimum absolute atomic E-state index is 0.198. The molecule has 2 N–H and O–H groups in total. The lowest BCUT2D eigenvalue weighted by atomic mass is 10.1. The van der Waals surface area contributed by atoms with Gasteiger partial charge in [0.05, 0.1) is 5.70 Å². The molecule has 1 atom stereocenters. The first-order valence-corrected chi connectivity index (χ1v) is 9.25. The average Bonchev–Trinajstić information content (AvgIpc) is 3.04. The molecule has 0 saturated carbocycles. The van der Waals surface area contributed by atoms with Gasteiger partial charge in [-0.3, -0.25) is 15.1 Å². The van der Waals surface area contributed by atoms with Gasteiger partial charge in [0, 0.05) is 22.4 Å². The van der Waals surface area contributed by atoms with Crippen molar-refractivity contribution in [3.8, 4) is 0 Å². The fraction of sp³-hybridized carbons (Fsp3) is 0.111. The van der Waals surface area contributed by atoms with Crippen molar-refractivity contribution < 1.29 is 9.18 Å². The number of nitrogens with one attached hydrogen (secondary N) is 2. The monoisotopic (exact) mass is 388 g/mol. The van der Waals surface area contributed by atoms with Gasteiger partial charge in [-0.1, -0.05) is 59.8 Å². The second-order valence-electron chi connectivity index (χ2n) is 5.69. The lowest BCUT2D eigenvalue weighted by Gasteiger charge is -2.32. The van der Waals surface area contributed by atoms with E-state index >= 15 is 0 Å². The Kier molecular flexibility index (Phi) is 4.57. The highest BCUT2D eigenvalue weighted by atomic mass is 35.5. The molecule has 0 aliphatic carbocycles. The van der Waals surface area contributed by atoms with E-state index in [0.717, 1.165) is 11.3 Å². The Balaban J connectivity index is 1.60. The number of nitrogens with zero attached hydrogens (tertiary/aromatic N) is 2. The van der Waals surface area contributed by atoms with Crippen molar-refractivity contribution in [3.63, 3.8) is 0 Å². The molecule has 0 spiro atoms. The van der Waals surface area contributed by atoms with Gasteiger partial charge < -0.3 is 5.32 Å². The molecule has 5 nitrogen and oxygen atoms in total. The molecular weight excluding hydrogens is 375 g/mol. The van der Waals surface area contributed by atoms with Gasteiger partial charge in [0.25, 0.3) is 0 Å². The zero-order valence-electron chi connectivity index (χ0n) is 13.4. The molecule has 8 heteroatoms. The largest absolute Gasteiger partial charge is 0.314 e. The number of amidine groups is 1. The Morgan fingerprint density at radius 3 is 2.77 bits per heavy atom. The number of hydrogen-bond acceptors (Lipinski definition) is 5. The Labute approximate surface area is 158 Å². The number of thioether (sulfide) groups is 1. The average molecular weight is 389 g/mol. The van der Waals surface area contributed by atoms with E-state index in [4.69, 9.17) is 11.6 Å². The van der Waals surface area contributed by atoms with Crippen molar-refractivity contribution >= 4 is 40.1 Å². The zero-order chi connectivity index (χ0) is 18.1. The van der Waals surface area contributed by atoms with Gasteiger partial charge in [-0.2, -0.15) is 5.10 Å². The minimum Gasteiger partial charge on any atom is -0.314 e. The lowest BCUT2D eigenvalue weighted by Crippen LogP contribution is -2.53. The van der Waals surface area contributed by atoms with Crippen LogP contribution < -0.4 is 10.7 Å².